The van der Waals surface area contributed by atoms with Crippen LogP contribution in [-0.2, 0) is 0 Å². The molecule has 0 heterocycles. The molecule has 0 saturated heterocycles. The molecule has 0 radical (unpaired) electrons. The Balaban J connectivity index is 3.31. The predicted octanol–water partition coefficient (Wildman–Crippen LogP) is 2.65. The highest BCUT2D eigenvalue weighted by Crippen LogP contribution is 2.22. The van der Waals surface area contributed by atoms with Gasteiger partial charge in [-0.05, 0) is 42.7 Å². The lowest BCUT2D eigenvalue weighted by Crippen LogP contribution is -1.82. The summed E-state index contributed by atoms with van der Waals surface area (Å²) in [6.45, 7) is 7.43. The van der Waals surface area contributed by atoms with Gasteiger partial charge in [-0.2, -0.15) is 0 Å². The van der Waals surface area contributed by atoms with Gasteiger partial charge in [0.15, 0.2) is 0 Å². The molecule has 0 fully saturated rings. The van der Waals surface area contributed by atoms with Crippen LogP contribution in [0.15, 0.2) is 18.7 Å². The Morgan fingerprint density at radius 2 is 1.73 bits per heavy atom. The zero-order chi connectivity index (χ0) is 8.43. The highest BCUT2D eigenvalue weighted by Gasteiger charge is 1.99. The first-order valence-corrected chi connectivity index (χ1v) is 3.58. The van der Waals surface area contributed by atoms with E-state index in [1.807, 2.05) is 26.0 Å². The maximum absolute atomic E-state index is 9.39. The van der Waals surface area contributed by atoms with Crippen molar-refractivity contribution in [3.8, 4) is 5.75 Å². The van der Waals surface area contributed by atoms with Crippen LogP contribution in [0.1, 0.15) is 16.7 Å². The number of phenolic OH excluding ortho intramolecular Hbond substituents is 1. The fourth-order valence-corrected chi connectivity index (χ4v) is 1.11. The average Bonchev–Trinajstić information content (AvgIpc) is 1.99. The number of benzene rings is 1. The highest BCUT2D eigenvalue weighted by atomic mass is 16.3. The Labute approximate surface area is 67.0 Å². The van der Waals surface area contributed by atoms with Crippen LogP contribution in [0.3, 0.4) is 0 Å². The van der Waals surface area contributed by atoms with E-state index < -0.39 is 0 Å². The molecule has 0 bridgehead atoms. The van der Waals surface area contributed by atoms with Crippen LogP contribution in [0.5, 0.6) is 5.75 Å². The summed E-state index contributed by atoms with van der Waals surface area (Å²) in [6.07, 6.45) is 1.78. The summed E-state index contributed by atoms with van der Waals surface area (Å²) >= 11 is 0. The lowest BCUT2D eigenvalue weighted by molar-refractivity contribution is 0.467. The third kappa shape index (κ3) is 1.43. The van der Waals surface area contributed by atoms with E-state index in [9.17, 15) is 5.11 Å². The monoisotopic (exact) mass is 148 g/mol. The largest absolute Gasteiger partial charge is 0.507 e. The first kappa shape index (κ1) is 7.86. The molecule has 0 spiro atoms. The van der Waals surface area contributed by atoms with Gasteiger partial charge in [0.2, 0.25) is 0 Å². The highest BCUT2D eigenvalue weighted by molar-refractivity contribution is 5.54. The molecule has 0 aliphatic carbocycles. The minimum atomic E-state index is 0.385. The molecule has 1 N–H and O–H groups in total. The van der Waals surface area contributed by atoms with Crippen LogP contribution < -0.4 is 0 Å². The van der Waals surface area contributed by atoms with Crippen molar-refractivity contribution in [2.24, 2.45) is 0 Å². The van der Waals surface area contributed by atoms with Gasteiger partial charge >= 0.3 is 0 Å². The molecule has 58 valence electrons. The van der Waals surface area contributed by atoms with E-state index >= 15 is 0 Å². The maximum Gasteiger partial charge on any atom is 0.121 e. The van der Waals surface area contributed by atoms with Crippen LogP contribution in [0.25, 0.3) is 6.08 Å². The Kier molecular flexibility index (Phi) is 1.99. The lowest BCUT2D eigenvalue weighted by atomic mass is 10.1. The van der Waals surface area contributed by atoms with Gasteiger partial charge in [-0.15, -0.1) is 0 Å². The van der Waals surface area contributed by atoms with Crippen molar-refractivity contribution in [1.29, 1.82) is 0 Å². The van der Waals surface area contributed by atoms with Gasteiger partial charge in [0.05, 0.1) is 0 Å². The van der Waals surface area contributed by atoms with E-state index in [0.717, 1.165) is 16.7 Å². The van der Waals surface area contributed by atoms with Gasteiger partial charge in [-0.25, -0.2) is 0 Å². The smallest absolute Gasteiger partial charge is 0.121 e. The minimum Gasteiger partial charge on any atom is -0.507 e. The zero-order valence-electron chi connectivity index (χ0n) is 6.89. The zero-order valence-corrected chi connectivity index (χ0v) is 6.89. The van der Waals surface area contributed by atoms with E-state index in [0.29, 0.717) is 5.75 Å². The molecule has 0 unspecified atom stereocenters. The standard InChI is InChI=1S/C10H12O/c1-4-9-5-7(2)10(11)8(3)6-9/h4-6,11H,1H2,2-3H3. The normalized spacial score (nSPS) is 9.64. The Bertz CT molecular complexity index is 264. The Hall–Kier alpha value is -1.24. The van der Waals surface area contributed by atoms with Crippen LogP contribution in [0.4, 0.5) is 0 Å². The molecular weight excluding hydrogens is 136 g/mol. The number of hydrogen-bond donors (Lipinski definition) is 1. The topological polar surface area (TPSA) is 20.2 Å². The minimum absolute atomic E-state index is 0.385. The van der Waals surface area contributed by atoms with Crippen molar-refractivity contribution in [3.63, 3.8) is 0 Å². The fourth-order valence-electron chi connectivity index (χ4n) is 1.11. The number of rotatable bonds is 1. The molecule has 0 atom stereocenters. The summed E-state index contributed by atoms with van der Waals surface area (Å²) < 4.78 is 0. The van der Waals surface area contributed by atoms with Crippen molar-refractivity contribution in [1.82, 2.24) is 0 Å². The molecule has 1 aromatic carbocycles. The molecule has 0 aromatic heterocycles. The number of hydrogen-bond acceptors (Lipinski definition) is 1. The van der Waals surface area contributed by atoms with Gasteiger partial charge in [-0.3, -0.25) is 0 Å². The molecular formula is C10H12O. The molecule has 0 saturated carbocycles. The van der Waals surface area contributed by atoms with Crippen LogP contribution in [0.2, 0.25) is 0 Å². The summed E-state index contributed by atoms with van der Waals surface area (Å²) in [6, 6.07) is 3.82. The summed E-state index contributed by atoms with van der Waals surface area (Å²) in [5, 5.41) is 9.39. The third-order valence-electron chi connectivity index (χ3n) is 1.75. The van der Waals surface area contributed by atoms with Gasteiger partial charge < -0.3 is 5.11 Å². The van der Waals surface area contributed by atoms with Crippen molar-refractivity contribution in [3.05, 3.63) is 35.4 Å². The summed E-state index contributed by atoms with van der Waals surface area (Å²) in [5.41, 5.74) is 2.86. The van der Waals surface area contributed by atoms with Crippen molar-refractivity contribution < 1.29 is 5.11 Å². The summed E-state index contributed by atoms with van der Waals surface area (Å²) in [7, 11) is 0. The average molecular weight is 148 g/mol. The molecule has 11 heavy (non-hydrogen) atoms. The second kappa shape index (κ2) is 2.79. The van der Waals surface area contributed by atoms with E-state index in [4.69, 9.17) is 0 Å². The number of aromatic hydroxyl groups is 1. The summed E-state index contributed by atoms with van der Waals surface area (Å²) in [5.74, 6) is 0.385. The first-order chi connectivity index (χ1) is 5.15. The molecule has 1 nitrogen and oxygen atoms in total. The van der Waals surface area contributed by atoms with E-state index in [2.05, 4.69) is 6.58 Å². The van der Waals surface area contributed by atoms with Crippen molar-refractivity contribution in [2.45, 2.75) is 13.8 Å². The second-order valence-electron chi connectivity index (χ2n) is 2.71. The summed E-state index contributed by atoms with van der Waals surface area (Å²) in [4.78, 5) is 0. The van der Waals surface area contributed by atoms with E-state index in [1.165, 1.54) is 0 Å². The maximum atomic E-state index is 9.39. The molecule has 0 aliphatic rings. The SMILES string of the molecule is C=Cc1cc(C)c(O)c(C)c1. The number of aryl methyl sites for hydroxylation is 2. The lowest BCUT2D eigenvalue weighted by Gasteiger charge is -2.03. The van der Waals surface area contributed by atoms with Gasteiger partial charge in [-0.1, -0.05) is 12.7 Å². The van der Waals surface area contributed by atoms with Gasteiger partial charge in [0.25, 0.3) is 0 Å². The van der Waals surface area contributed by atoms with Crippen LogP contribution in [0, 0.1) is 13.8 Å². The first-order valence-electron chi connectivity index (χ1n) is 3.58. The molecule has 1 heteroatoms. The van der Waals surface area contributed by atoms with Crippen molar-refractivity contribution >= 4 is 6.08 Å². The third-order valence-corrected chi connectivity index (χ3v) is 1.75. The predicted molar refractivity (Wildman–Crippen MR) is 47.7 cm³/mol. The van der Waals surface area contributed by atoms with Crippen molar-refractivity contribution in [2.75, 3.05) is 0 Å². The Morgan fingerprint density at radius 3 is 2.09 bits per heavy atom. The fraction of sp³-hybridized carbons (Fsp3) is 0.200. The van der Waals surface area contributed by atoms with E-state index in [1.54, 1.807) is 6.08 Å². The Morgan fingerprint density at radius 1 is 1.27 bits per heavy atom. The molecule has 0 amide bonds. The second-order valence-corrected chi connectivity index (χ2v) is 2.71. The molecule has 1 rings (SSSR count). The van der Waals surface area contributed by atoms with Crippen LogP contribution >= 0.6 is 0 Å². The van der Waals surface area contributed by atoms with E-state index in [-0.39, 0.29) is 0 Å². The molecule has 1 aromatic rings. The van der Waals surface area contributed by atoms with Gasteiger partial charge in [0, 0.05) is 0 Å². The van der Waals surface area contributed by atoms with Gasteiger partial charge in [0.1, 0.15) is 5.75 Å². The number of phenols is 1. The van der Waals surface area contributed by atoms with Crippen LogP contribution in [-0.4, -0.2) is 5.11 Å². The molecule has 0 aliphatic heterocycles. The quantitative estimate of drug-likeness (QED) is 0.649.